The summed E-state index contributed by atoms with van der Waals surface area (Å²) in [7, 11) is 0. The maximum absolute atomic E-state index is 5.23. The smallest absolute Gasteiger partial charge is 0.181 e. The lowest BCUT2D eigenvalue weighted by molar-refractivity contribution is 0.572. The number of anilines is 1. The van der Waals surface area contributed by atoms with Gasteiger partial charge in [-0.05, 0) is 35.8 Å². The molecule has 18 heavy (non-hydrogen) atoms. The van der Waals surface area contributed by atoms with Crippen LogP contribution >= 0.6 is 11.5 Å². The summed E-state index contributed by atoms with van der Waals surface area (Å²) in [6, 6.07) is 7.97. The number of rotatable bonds is 4. The standard InChI is InChI=1S/C12H10N4OS/c1-3-10(14-5-11-7-18-16-15-11)4-2-9(1)12-6-13-8-17-12/h1-4,6-8,14H,5H2. The first-order valence-electron chi connectivity index (χ1n) is 5.40. The van der Waals surface area contributed by atoms with Crippen LogP contribution in [0.15, 0.2) is 46.7 Å². The second-order valence-corrected chi connectivity index (χ2v) is 4.30. The van der Waals surface area contributed by atoms with Crippen LogP contribution in [0.2, 0.25) is 0 Å². The van der Waals surface area contributed by atoms with Gasteiger partial charge in [-0.25, -0.2) is 4.98 Å². The van der Waals surface area contributed by atoms with Crippen molar-refractivity contribution in [1.82, 2.24) is 14.6 Å². The van der Waals surface area contributed by atoms with Crippen LogP contribution in [-0.4, -0.2) is 14.6 Å². The molecule has 2 heterocycles. The number of aromatic nitrogens is 3. The first-order chi connectivity index (χ1) is 8.92. The summed E-state index contributed by atoms with van der Waals surface area (Å²) in [4.78, 5) is 3.89. The fraction of sp³-hybridized carbons (Fsp3) is 0.0833. The highest BCUT2D eigenvalue weighted by atomic mass is 32.1. The lowest BCUT2D eigenvalue weighted by atomic mass is 10.1. The molecular weight excluding hydrogens is 248 g/mol. The van der Waals surface area contributed by atoms with Gasteiger partial charge < -0.3 is 9.73 Å². The van der Waals surface area contributed by atoms with Crippen molar-refractivity contribution in [2.75, 3.05) is 5.32 Å². The van der Waals surface area contributed by atoms with Crippen molar-refractivity contribution in [2.24, 2.45) is 0 Å². The molecule has 0 saturated heterocycles. The van der Waals surface area contributed by atoms with Crippen LogP contribution in [0.4, 0.5) is 5.69 Å². The molecule has 0 fully saturated rings. The summed E-state index contributed by atoms with van der Waals surface area (Å²) in [5.41, 5.74) is 2.99. The van der Waals surface area contributed by atoms with Gasteiger partial charge >= 0.3 is 0 Å². The van der Waals surface area contributed by atoms with E-state index in [1.54, 1.807) is 6.20 Å². The molecule has 3 rings (SSSR count). The fourth-order valence-electron chi connectivity index (χ4n) is 1.56. The first-order valence-corrected chi connectivity index (χ1v) is 6.24. The Labute approximate surface area is 108 Å². The Morgan fingerprint density at radius 2 is 2.11 bits per heavy atom. The molecule has 6 heteroatoms. The molecule has 90 valence electrons. The largest absolute Gasteiger partial charge is 0.444 e. The number of benzene rings is 1. The van der Waals surface area contributed by atoms with Crippen molar-refractivity contribution in [3.63, 3.8) is 0 Å². The molecule has 0 atom stereocenters. The lowest BCUT2D eigenvalue weighted by Crippen LogP contribution is -1.99. The summed E-state index contributed by atoms with van der Waals surface area (Å²) in [6.45, 7) is 0.679. The van der Waals surface area contributed by atoms with Crippen molar-refractivity contribution in [2.45, 2.75) is 6.54 Å². The van der Waals surface area contributed by atoms with Crippen molar-refractivity contribution in [3.05, 3.63) is 47.9 Å². The Balaban J connectivity index is 1.68. The summed E-state index contributed by atoms with van der Waals surface area (Å²) < 4.78 is 9.04. The summed E-state index contributed by atoms with van der Waals surface area (Å²) >= 11 is 1.35. The van der Waals surface area contributed by atoms with E-state index in [4.69, 9.17) is 4.42 Å². The Morgan fingerprint density at radius 3 is 2.78 bits per heavy atom. The van der Waals surface area contributed by atoms with Crippen molar-refractivity contribution in [3.8, 4) is 11.3 Å². The SMILES string of the molecule is c1ncc(-c2ccc(NCc3csnn3)cc2)o1. The van der Waals surface area contributed by atoms with Crippen LogP contribution in [0.1, 0.15) is 5.69 Å². The molecule has 0 saturated carbocycles. The third-order valence-corrected chi connectivity index (χ3v) is 3.03. The molecule has 0 spiro atoms. The van der Waals surface area contributed by atoms with Crippen molar-refractivity contribution in [1.29, 1.82) is 0 Å². The number of nitrogens with zero attached hydrogens (tertiary/aromatic N) is 3. The Hall–Kier alpha value is -2.21. The number of hydrogen-bond donors (Lipinski definition) is 1. The van der Waals surface area contributed by atoms with Gasteiger partial charge in [0, 0.05) is 16.6 Å². The molecule has 1 aromatic carbocycles. The molecule has 0 amide bonds. The predicted octanol–water partition coefficient (Wildman–Crippen LogP) is 2.81. The van der Waals surface area contributed by atoms with E-state index in [0.29, 0.717) is 6.54 Å². The van der Waals surface area contributed by atoms with Crippen LogP contribution < -0.4 is 5.32 Å². The predicted molar refractivity (Wildman–Crippen MR) is 69.2 cm³/mol. The van der Waals surface area contributed by atoms with Crippen LogP contribution in [0, 0.1) is 0 Å². The Bertz CT molecular complexity index is 590. The molecule has 0 radical (unpaired) electrons. The zero-order valence-corrected chi connectivity index (χ0v) is 10.2. The molecule has 5 nitrogen and oxygen atoms in total. The zero-order valence-electron chi connectivity index (χ0n) is 9.41. The van der Waals surface area contributed by atoms with E-state index in [-0.39, 0.29) is 0 Å². The maximum Gasteiger partial charge on any atom is 0.181 e. The van der Waals surface area contributed by atoms with Gasteiger partial charge in [-0.2, -0.15) is 0 Å². The topological polar surface area (TPSA) is 63.8 Å². The molecule has 0 bridgehead atoms. The van der Waals surface area contributed by atoms with Gasteiger partial charge in [0.15, 0.2) is 12.2 Å². The van der Waals surface area contributed by atoms with E-state index in [1.165, 1.54) is 17.9 Å². The Kier molecular flexibility index (Phi) is 3.01. The molecule has 0 unspecified atom stereocenters. The summed E-state index contributed by atoms with van der Waals surface area (Å²) in [6.07, 6.45) is 3.13. The van der Waals surface area contributed by atoms with Gasteiger partial charge in [-0.3, -0.25) is 0 Å². The Morgan fingerprint density at radius 1 is 1.22 bits per heavy atom. The molecule has 0 aliphatic carbocycles. The molecular formula is C12H10N4OS. The van der Waals surface area contributed by atoms with Gasteiger partial charge in [0.1, 0.15) is 0 Å². The highest BCUT2D eigenvalue weighted by Gasteiger charge is 2.01. The van der Waals surface area contributed by atoms with Crippen LogP contribution in [0.3, 0.4) is 0 Å². The van der Waals surface area contributed by atoms with E-state index in [0.717, 1.165) is 22.7 Å². The lowest BCUT2D eigenvalue weighted by Gasteiger charge is -2.04. The maximum atomic E-state index is 5.23. The zero-order chi connectivity index (χ0) is 12.2. The molecule has 0 aliphatic rings. The van der Waals surface area contributed by atoms with E-state index in [2.05, 4.69) is 19.9 Å². The van der Waals surface area contributed by atoms with E-state index >= 15 is 0 Å². The quantitative estimate of drug-likeness (QED) is 0.779. The minimum absolute atomic E-state index is 0.679. The van der Waals surface area contributed by atoms with Gasteiger partial charge in [-0.15, -0.1) is 5.10 Å². The van der Waals surface area contributed by atoms with E-state index in [1.807, 2.05) is 29.6 Å². The minimum atomic E-state index is 0.679. The second kappa shape index (κ2) is 4.97. The average Bonchev–Trinajstić information content (AvgIpc) is 3.10. The highest BCUT2D eigenvalue weighted by Crippen LogP contribution is 2.20. The van der Waals surface area contributed by atoms with Crippen molar-refractivity contribution < 1.29 is 4.42 Å². The monoisotopic (exact) mass is 258 g/mol. The van der Waals surface area contributed by atoms with E-state index < -0.39 is 0 Å². The summed E-state index contributed by atoms with van der Waals surface area (Å²) in [5.74, 6) is 0.769. The normalized spacial score (nSPS) is 10.4. The third kappa shape index (κ3) is 2.38. The summed E-state index contributed by atoms with van der Waals surface area (Å²) in [5, 5.41) is 9.18. The first kappa shape index (κ1) is 10.9. The van der Waals surface area contributed by atoms with Gasteiger partial charge in [0.2, 0.25) is 0 Å². The fourth-order valence-corrected chi connectivity index (χ4v) is 2.02. The third-order valence-electron chi connectivity index (χ3n) is 2.48. The number of nitrogens with one attached hydrogen (secondary N) is 1. The molecule has 2 aromatic heterocycles. The van der Waals surface area contributed by atoms with Crippen LogP contribution in [-0.2, 0) is 6.54 Å². The van der Waals surface area contributed by atoms with Crippen molar-refractivity contribution >= 4 is 17.2 Å². The average molecular weight is 258 g/mol. The molecule has 3 aromatic rings. The van der Waals surface area contributed by atoms with Gasteiger partial charge in [-0.1, -0.05) is 4.49 Å². The second-order valence-electron chi connectivity index (χ2n) is 3.69. The van der Waals surface area contributed by atoms with E-state index in [9.17, 15) is 0 Å². The minimum Gasteiger partial charge on any atom is -0.444 e. The van der Waals surface area contributed by atoms with Crippen LogP contribution in [0.25, 0.3) is 11.3 Å². The van der Waals surface area contributed by atoms with Gasteiger partial charge in [0.05, 0.1) is 18.4 Å². The number of hydrogen-bond acceptors (Lipinski definition) is 6. The molecule has 0 aliphatic heterocycles. The number of oxazole rings is 1. The highest BCUT2D eigenvalue weighted by molar-refractivity contribution is 7.03. The van der Waals surface area contributed by atoms with Crippen LogP contribution in [0.5, 0.6) is 0 Å². The molecule has 1 N–H and O–H groups in total. The van der Waals surface area contributed by atoms with Gasteiger partial charge in [0.25, 0.3) is 0 Å².